The summed E-state index contributed by atoms with van der Waals surface area (Å²) in [6.45, 7) is 4.76. The van der Waals surface area contributed by atoms with Crippen molar-refractivity contribution in [2.75, 3.05) is 18.6 Å². The van der Waals surface area contributed by atoms with Gasteiger partial charge in [0.1, 0.15) is 11.4 Å². The van der Waals surface area contributed by atoms with Crippen LogP contribution in [-0.2, 0) is 24.0 Å². The Labute approximate surface area is 143 Å². The normalized spacial score (nSPS) is 13.9. The van der Waals surface area contributed by atoms with Gasteiger partial charge >= 0.3 is 12.1 Å². The van der Waals surface area contributed by atoms with Crippen LogP contribution in [0.4, 0.5) is 19.0 Å². The van der Waals surface area contributed by atoms with E-state index in [9.17, 15) is 18.0 Å². The molecular weight excluding hydrogens is 335 g/mol. The van der Waals surface area contributed by atoms with Gasteiger partial charge in [-0.1, -0.05) is 11.6 Å². The molecule has 0 saturated carbocycles. The van der Waals surface area contributed by atoms with Crippen molar-refractivity contribution in [2.24, 2.45) is 0 Å². The molecule has 25 heavy (non-hydrogen) atoms. The second kappa shape index (κ2) is 6.09. The Morgan fingerprint density at radius 1 is 1.24 bits per heavy atom. The number of fused-ring (bicyclic) bond motifs is 1. The molecule has 3 rings (SSSR count). The third kappa shape index (κ3) is 3.20. The van der Waals surface area contributed by atoms with Crippen molar-refractivity contribution in [2.45, 2.75) is 33.1 Å². The highest BCUT2D eigenvalue weighted by atomic mass is 19.4. The number of esters is 1. The van der Waals surface area contributed by atoms with Crippen molar-refractivity contribution in [3.05, 3.63) is 46.1 Å². The van der Waals surface area contributed by atoms with Gasteiger partial charge in [0.2, 0.25) is 0 Å². The topological polar surface area (TPSA) is 47.4 Å². The molecule has 134 valence electrons. The number of halogens is 3. The van der Waals surface area contributed by atoms with Crippen molar-refractivity contribution >= 4 is 11.8 Å². The average molecular weight is 353 g/mol. The Balaban J connectivity index is 1.95. The lowest BCUT2D eigenvalue weighted by Gasteiger charge is -2.20. The van der Waals surface area contributed by atoms with Gasteiger partial charge in [-0.15, -0.1) is 0 Å². The quantitative estimate of drug-likeness (QED) is 0.794. The van der Waals surface area contributed by atoms with Crippen molar-refractivity contribution in [3.8, 4) is 0 Å². The van der Waals surface area contributed by atoms with E-state index in [0.29, 0.717) is 41.3 Å². The summed E-state index contributed by atoms with van der Waals surface area (Å²) in [5.74, 6) is 0.102. The number of alkyl halides is 3. The average Bonchev–Trinajstić information content (AvgIpc) is 3.04. The van der Waals surface area contributed by atoms with Crippen molar-refractivity contribution in [1.82, 2.24) is 9.78 Å². The van der Waals surface area contributed by atoms with E-state index in [4.69, 9.17) is 4.74 Å². The maximum absolute atomic E-state index is 13.0. The van der Waals surface area contributed by atoms with E-state index < -0.39 is 17.7 Å². The third-order valence-corrected chi connectivity index (χ3v) is 4.21. The number of ether oxygens (including phenoxy) is 1. The van der Waals surface area contributed by atoms with Gasteiger partial charge in [0.25, 0.3) is 0 Å². The maximum Gasteiger partial charge on any atom is 0.416 e. The summed E-state index contributed by atoms with van der Waals surface area (Å²) in [6.07, 6.45) is -4.39. The third-order valence-electron chi connectivity index (χ3n) is 4.21. The van der Waals surface area contributed by atoms with Gasteiger partial charge in [-0.3, -0.25) is 0 Å². The lowest BCUT2D eigenvalue weighted by Crippen LogP contribution is -2.22. The van der Waals surface area contributed by atoms with E-state index >= 15 is 0 Å². The molecule has 1 aliphatic heterocycles. The van der Waals surface area contributed by atoms with Crippen LogP contribution in [0.25, 0.3) is 0 Å². The van der Waals surface area contributed by atoms with E-state index in [2.05, 4.69) is 5.10 Å². The number of benzene rings is 1. The van der Waals surface area contributed by atoms with Gasteiger partial charge in [0.15, 0.2) is 0 Å². The molecule has 1 aliphatic rings. The van der Waals surface area contributed by atoms with E-state index in [1.165, 1.54) is 7.11 Å². The van der Waals surface area contributed by atoms with Crippen molar-refractivity contribution < 1.29 is 22.7 Å². The SMILES string of the molecule is COC(=O)c1c(C)nn2c1N(Cc1cc(C)cc(C(F)(F)F)c1)CC2. The lowest BCUT2D eigenvalue weighted by molar-refractivity contribution is -0.137. The van der Waals surface area contributed by atoms with Crippen LogP contribution < -0.4 is 4.90 Å². The Morgan fingerprint density at radius 2 is 1.96 bits per heavy atom. The Hall–Kier alpha value is -2.51. The van der Waals surface area contributed by atoms with Gasteiger partial charge in [-0.25, -0.2) is 9.48 Å². The minimum atomic E-state index is -4.39. The minimum absolute atomic E-state index is 0.264. The molecular formula is C17H18F3N3O2. The van der Waals surface area contributed by atoms with E-state index in [1.54, 1.807) is 24.6 Å². The number of hydrogen-bond acceptors (Lipinski definition) is 4. The minimum Gasteiger partial charge on any atom is -0.465 e. The van der Waals surface area contributed by atoms with Gasteiger partial charge < -0.3 is 9.64 Å². The Bertz CT molecular complexity index is 827. The molecule has 0 fully saturated rings. The van der Waals surface area contributed by atoms with Gasteiger partial charge in [0.05, 0.1) is 24.9 Å². The number of aryl methyl sites for hydroxylation is 2. The molecule has 1 aromatic carbocycles. The molecule has 0 amide bonds. The van der Waals surface area contributed by atoms with Crippen LogP contribution in [-0.4, -0.2) is 29.4 Å². The first-order valence-electron chi connectivity index (χ1n) is 7.79. The first kappa shape index (κ1) is 17.3. The molecule has 0 atom stereocenters. The number of methoxy groups -OCH3 is 1. The van der Waals surface area contributed by atoms with Crippen molar-refractivity contribution in [3.63, 3.8) is 0 Å². The molecule has 0 bridgehead atoms. The van der Waals surface area contributed by atoms with Gasteiger partial charge in [-0.2, -0.15) is 18.3 Å². The van der Waals surface area contributed by atoms with Crippen LogP contribution in [0.1, 0.15) is 32.7 Å². The molecule has 0 saturated heterocycles. The number of aromatic nitrogens is 2. The standard InChI is InChI=1S/C17H18F3N3O2/c1-10-6-12(8-13(7-10)17(18,19)20)9-22-4-5-23-15(22)14(11(2)21-23)16(24)25-3/h6-8H,4-5,9H2,1-3H3. The number of nitrogens with zero attached hydrogens (tertiary/aromatic N) is 3. The van der Waals surface area contributed by atoms with Gasteiger partial charge in [-0.05, 0) is 31.5 Å². The largest absolute Gasteiger partial charge is 0.465 e. The summed E-state index contributed by atoms with van der Waals surface area (Å²) in [6, 6.07) is 4.00. The molecule has 2 aromatic rings. The van der Waals surface area contributed by atoms with Crippen LogP contribution in [0, 0.1) is 13.8 Å². The monoisotopic (exact) mass is 353 g/mol. The maximum atomic E-state index is 13.0. The molecule has 0 radical (unpaired) electrons. The van der Waals surface area contributed by atoms with Crippen LogP contribution in [0.3, 0.4) is 0 Å². The molecule has 8 heteroatoms. The highest BCUT2D eigenvalue weighted by molar-refractivity contribution is 5.96. The summed E-state index contributed by atoms with van der Waals surface area (Å²) in [5.41, 5.74) is 1.33. The number of hydrogen-bond donors (Lipinski definition) is 0. The number of carbonyl (C=O) groups is 1. The smallest absolute Gasteiger partial charge is 0.416 e. The summed E-state index contributed by atoms with van der Waals surface area (Å²) in [5, 5.41) is 4.32. The second-order valence-electron chi connectivity index (χ2n) is 6.13. The molecule has 0 N–H and O–H groups in total. The zero-order valence-electron chi connectivity index (χ0n) is 14.1. The predicted molar refractivity (Wildman–Crippen MR) is 85.5 cm³/mol. The van der Waals surface area contributed by atoms with E-state index in [1.807, 2.05) is 4.90 Å². The van der Waals surface area contributed by atoms with Crippen LogP contribution in [0.5, 0.6) is 0 Å². The molecule has 2 heterocycles. The first-order valence-corrected chi connectivity index (χ1v) is 7.79. The summed E-state index contributed by atoms with van der Waals surface area (Å²) in [7, 11) is 1.29. The molecule has 5 nitrogen and oxygen atoms in total. The summed E-state index contributed by atoms with van der Waals surface area (Å²) >= 11 is 0. The predicted octanol–water partition coefficient (Wildman–Crippen LogP) is 3.33. The zero-order chi connectivity index (χ0) is 18.4. The lowest BCUT2D eigenvalue weighted by atomic mass is 10.1. The van der Waals surface area contributed by atoms with Crippen molar-refractivity contribution in [1.29, 1.82) is 0 Å². The van der Waals surface area contributed by atoms with Gasteiger partial charge in [0, 0.05) is 13.1 Å². The Morgan fingerprint density at radius 3 is 2.60 bits per heavy atom. The number of anilines is 1. The molecule has 0 aliphatic carbocycles. The fourth-order valence-electron chi connectivity index (χ4n) is 3.20. The highest BCUT2D eigenvalue weighted by Crippen LogP contribution is 2.33. The highest BCUT2D eigenvalue weighted by Gasteiger charge is 2.33. The fraction of sp³-hybridized carbons (Fsp3) is 0.412. The van der Waals surface area contributed by atoms with Crippen LogP contribution >= 0.6 is 0 Å². The zero-order valence-corrected chi connectivity index (χ0v) is 14.1. The Kier molecular flexibility index (Phi) is 4.22. The number of rotatable bonds is 3. The fourth-order valence-corrected chi connectivity index (χ4v) is 3.20. The van der Waals surface area contributed by atoms with Crippen LogP contribution in [0.2, 0.25) is 0 Å². The second-order valence-corrected chi connectivity index (χ2v) is 6.13. The molecule has 1 aromatic heterocycles. The number of carbonyl (C=O) groups excluding carboxylic acids is 1. The van der Waals surface area contributed by atoms with Crippen LogP contribution in [0.15, 0.2) is 18.2 Å². The molecule has 0 unspecified atom stereocenters. The summed E-state index contributed by atoms with van der Waals surface area (Å²) in [4.78, 5) is 13.9. The summed E-state index contributed by atoms with van der Waals surface area (Å²) < 4.78 is 45.6. The molecule has 0 spiro atoms. The first-order chi connectivity index (χ1) is 11.7. The van der Waals surface area contributed by atoms with E-state index in [0.717, 1.165) is 12.1 Å². The van der Waals surface area contributed by atoms with E-state index in [-0.39, 0.29) is 6.54 Å².